The molecule has 198 valence electrons. The Hall–Kier alpha value is -2.69. The minimum atomic E-state index is -4.57. The number of hydrogen-bond donors (Lipinski definition) is 2. The Labute approximate surface area is 208 Å². The first-order valence-electron chi connectivity index (χ1n) is 11.7. The summed E-state index contributed by atoms with van der Waals surface area (Å²) in [6.45, 7) is 5.82. The Morgan fingerprint density at radius 3 is 2.36 bits per heavy atom. The second kappa shape index (κ2) is 10.4. The number of aromatic nitrogens is 1. The highest BCUT2D eigenvalue weighted by Gasteiger charge is 2.35. The van der Waals surface area contributed by atoms with Crippen LogP contribution in [0.3, 0.4) is 0 Å². The van der Waals surface area contributed by atoms with Gasteiger partial charge >= 0.3 is 6.18 Å². The SMILES string of the molecule is C[C@H](C(=O)NCc1ccc(C(F)(F)F)nc1C1CCC(C)(C)CC1)c1ccc(NS(C)(=O)=O)c(F)c1. The smallest absolute Gasteiger partial charge is 0.351 e. The van der Waals surface area contributed by atoms with Crippen LogP contribution in [0.15, 0.2) is 30.3 Å². The van der Waals surface area contributed by atoms with Gasteiger partial charge in [-0.1, -0.05) is 26.0 Å². The van der Waals surface area contributed by atoms with Crippen molar-refractivity contribution in [1.82, 2.24) is 10.3 Å². The molecule has 0 aliphatic heterocycles. The third-order valence-corrected chi connectivity index (χ3v) is 7.25. The van der Waals surface area contributed by atoms with E-state index in [9.17, 15) is 30.8 Å². The largest absolute Gasteiger partial charge is 0.433 e. The molecular weight excluding hydrogens is 498 g/mol. The lowest BCUT2D eigenvalue weighted by Gasteiger charge is -2.35. The maximum atomic E-state index is 14.3. The molecule has 1 aliphatic carbocycles. The molecule has 2 aromatic rings. The van der Waals surface area contributed by atoms with E-state index in [1.54, 1.807) is 6.92 Å². The Morgan fingerprint density at radius 1 is 1.17 bits per heavy atom. The molecule has 1 aromatic carbocycles. The lowest BCUT2D eigenvalue weighted by Crippen LogP contribution is -2.29. The molecule has 1 saturated carbocycles. The van der Waals surface area contributed by atoms with Crippen molar-refractivity contribution in [3.8, 4) is 0 Å². The van der Waals surface area contributed by atoms with Gasteiger partial charge in [0.15, 0.2) is 0 Å². The highest BCUT2D eigenvalue weighted by Crippen LogP contribution is 2.43. The molecule has 0 saturated heterocycles. The zero-order valence-corrected chi connectivity index (χ0v) is 21.5. The van der Waals surface area contributed by atoms with Crippen molar-refractivity contribution in [2.45, 2.75) is 71.0 Å². The van der Waals surface area contributed by atoms with E-state index in [0.29, 0.717) is 29.7 Å². The number of hydrogen-bond acceptors (Lipinski definition) is 4. The first-order chi connectivity index (χ1) is 16.6. The number of pyridine rings is 1. The fourth-order valence-corrected chi connectivity index (χ4v) is 4.97. The molecule has 0 radical (unpaired) electrons. The lowest BCUT2D eigenvalue weighted by molar-refractivity contribution is -0.141. The van der Waals surface area contributed by atoms with Crippen LogP contribution in [-0.2, 0) is 27.5 Å². The van der Waals surface area contributed by atoms with Gasteiger partial charge in [-0.15, -0.1) is 0 Å². The van der Waals surface area contributed by atoms with Crippen LogP contribution < -0.4 is 10.0 Å². The summed E-state index contributed by atoms with van der Waals surface area (Å²) in [5.74, 6) is -2.19. The van der Waals surface area contributed by atoms with Gasteiger partial charge in [0.2, 0.25) is 15.9 Å². The number of alkyl halides is 3. The van der Waals surface area contributed by atoms with Gasteiger partial charge in [0.1, 0.15) is 11.5 Å². The van der Waals surface area contributed by atoms with Gasteiger partial charge in [0.25, 0.3) is 0 Å². The molecular formula is C25H31F4N3O3S. The van der Waals surface area contributed by atoms with Crippen LogP contribution in [0.5, 0.6) is 0 Å². The Morgan fingerprint density at radius 2 is 1.81 bits per heavy atom. The normalized spacial score (nSPS) is 17.4. The quantitative estimate of drug-likeness (QED) is 0.450. The standard InChI is InChI=1S/C25H31F4N3O3S/c1-15(17-5-7-20(19(26)13-17)32-36(4,34)35)23(33)30-14-18-6-8-21(25(27,28)29)31-22(18)16-9-11-24(2,3)12-10-16/h5-8,13,15-16,32H,9-12,14H2,1-4H3,(H,30,33)/t15-/m0/s1. The monoisotopic (exact) mass is 529 g/mol. The van der Waals surface area contributed by atoms with Crippen LogP contribution in [0.1, 0.15) is 80.8 Å². The molecule has 11 heteroatoms. The van der Waals surface area contributed by atoms with E-state index >= 15 is 0 Å². The summed E-state index contributed by atoms with van der Waals surface area (Å²) in [6, 6.07) is 6.03. The Balaban J connectivity index is 1.76. The Kier molecular flexibility index (Phi) is 8.02. The van der Waals surface area contributed by atoms with Crippen molar-refractivity contribution in [1.29, 1.82) is 0 Å². The average Bonchev–Trinajstić information content (AvgIpc) is 2.77. The van der Waals surface area contributed by atoms with Crippen LogP contribution in [0.25, 0.3) is 0 Å². The first kappa shape index (κ1) is 27.9. The van der Waals surface area contributed by atoms with Gasteiger partial charge in [-0.25, -0.2) is 17.8 Å². The second-order valence-corrected chi connectivity index (χ2v) is 12.0. The molecule has 1 amide bonds. The number of nitrogens with zero attached hydrogens (tertiary/aromatic N) is 1. The second-order valence-electron chi connectivity index (χ2n) is 10.2. The molecule has 36 heavy (non-hydrogen) atoms. The lowest BCUT2D eigenvalue weighted by atomic mass is 9.71. The zero-order valence-electron chi connectivity index (χ0n) is 20.7. The third kappa shape index (κ3) is 7.18. The van der Waals surface area contributed by atoms with Crippen LogP contribution in [0.4, 0.5) is 23.2 Å². The summed E-state index contributed by atoms with van der Waals surface area (Å²) in [5, 5.41) is 2.73. The number of anilines is 1. The predicted octanol–water partition coefficient (Wildman–Crippen LogP) is 5.71. The van der Waals surface area contributed by atoms with Gasteiger partial charge in [-0.3, -0.25) is 9.52 Å². The summed E-state index contributed by atoms with van der Waals surface area (Å²) >= 11 is 0. The fourth-order valence-electron chi connectivity index (χ4n) is 4.41. The van der Waals surface area contributed by atoms with E-state index in [4.69, 9.17) is 0 Å². The number of carbonyl (C=O) groups is 1. The summed E-state index contributed by atoms with van der Waals surface area (Å²) in [7, 11) is -3.67. The van der Waals surface area contributed by atoms with E-state index in [2.05, 4.69) is 28.9 Å². The summed E-state index contributed by atoms with van der Waals surface area (Å²) in [5.41, 5.74) is 0.143. The van der Waals surface area contributed by atoms with Crippen LogP contribution in [-0.4, -0.2) is 25.6 Å². The summed E-state index contributed by atoms with van der Waals surface area (Å²) in [6.07, 6.45) is -0.504. The molecule has 0 spiro atoms. The van der Waals surface area contributed by atoms with Crippen LogP contribution in [0.2, 0.25) is 0 Å². The first-order valence-corrected chi connectivity index (χ1v) is 13.6. The number of carbonyl (C=O) groups excluding carboxylic acids is 1. The van der Waals surface area contributed by atoms with Crippen molar-refractivity contribution in [3.05, 3.63) is 58.7 Å². The molecule has 1 heterocycles. The maximum Gasteiger partial charge on any atom is 0.433 e. The van der Waals surface area contributed by atoms with E-state index in [1.807, 2.05) is 0 Å². The third-order valence-electron chi connectivity index (χ3n) is 6.66. The zero-order chi connectivity index (χ0) is 26.9. The van der Waals surface area contributed by atoms with Crippen LogP contribution >= 0.6 is 0 Å². The molecule has 6 nitrogen and oxygen atoms in total. The fraction of sp³-hybridized carbons (Fsp3) is 0.520. The molecule has 0 bridgehead atoms. The van der Waals surface area contributed by atoms with E-state index in [0.717, 1.165) is 31.2 Å². The highest BCUT2D eigenvalue weighted by molar-refractivity contribution is 7.92. The maximum absolute atomic E-state index is 14.3. The highest BCUT2D eigenvalue weighted by atomic mass is 32.2. The van der Waals surface area contributed by atoms with Crippen LogP contribution in [0, 0.1) is 11.2 Å². The van der Waals surface area contributed by atoms with Crippen molar-refractivity contribution in [2.75, 3.05) is 11.0 Å². The topological polar surface area (TPSA) is 88.2 Å². The molecule has 1 fully saturated rings. The van der Waals surface area contributed by atoms with Gasteiger partial charge < -0.3 is 5.32 Å². The molecule has 2 N–H and O–H groups in total. The van der Waals surface area contributed by atoms with Crippen molar-refractivity contribution >= 4 is 21.6 Å². The number of nitrogens with one attached hydrogen (secondary N) is 2. The van der Waals surface area contributed by atoms with Gasteiger partial charge in [-0.2, -0.15) is 13.2 Å². The summed E-state index contributed by atoms with van der Waals surface area (Å²) in [4.78, 5) is 16.8. The van der Waals surface area contributed by atoms with Crippen molar-refractivity contribution < 1.29 is 30.8 Å². The number of sulfonamides is 1. The number of rotatable bonds is 7. The summed E-state index contributed by atoms with van der Waals surface area (Å²) < 4.78 is 79.1. The molecule has 1 atom stereocenters. The molecule has 1 aliphatic rings. The molecule has 1 aromatic heterocycles. The van der Waals surface area contributed by atoms with E-state index < -0.39 is 39.5 Å². The number of benzene rings is 1. The average molecular weight is 530 g/mol. The minimum Gasteiger partial charge on any atom is -0.351 e. The van der Waals surface area contributed by atoms with Crippen molar-refractivity contribution in [3.63, 3.8) is 0 Å². The molecule has 3 rings (SSSR count). The van der Waals surface area contributed by atoms with Gasteiger partial charge in [0.05, 0.1) is 17.9 Å². The van der Waals surface area contributed by atoms with Gasteiger partial charge in [-0.05, 0) is 67.3 Å². The molecule has 0 unspecified atom stereocenters. The number of halogens is 4. The van der Waals surface area contributed by atoms with E-state index in [-0.39, 0.29) is 23.6 Å². The van der Waals surface area contributed by atoms with E-state index in [1.165, 1.54) is 18.2 Å². The Bertz CT molecular complexity index is 1220. The van der Waals surface area contributed by atoms with Crippen molar-refractivity contribution in [2.24, 2.45) is 5.41 Å². The van der Waals surface area contributed by atoms with Gasteiger partial charge in [0, 0.05) is 18.2 Å². The predicted molar refractivity (Wildman–Crippen MR) is 129 cm³/mol. The number of amides is 1. The minimum absolute atomic E-state index is 0.0142.